The Morgan fingerprint density at radius 2 is 2.09 bits per heavy atom. The highest BCUT2D eigenvalue weighted by atomic mass is 16.2. The Hall–Kier alpha value is -1.85. The minimum Gasteiger partial charge on any atom is -0.341 e. The minimum atomic E-state index is 0.112. The molecule has 2 fully saturated rings. The largest absolute Gasteiger partial charge is 0.341 e. The van der Waals surface area contributed by atoms with Gasteiger partial charge in [-0.2, -0.15) is 5.10 Å². The summed E-state index contributed by atoms with van der Waals surface area (Å²) in [6.45, 7) is 3.05. The number of amides is 2. The van der Waals surface area contributed by atoms with Crippen molar-refractivity contribution in [1.82, 2.24) is 19.6 Å². The van der Waals surface area contributed by atoms with Crippen LogP contribution >= 0.6 is 0 Å². The van der Waals surface area contributed by atoms with Crippen LogP contribution in [-0.4, -0.2) is 57.1 Å². The first-order chi connectivity index (χ1) is 10.6. The highest BCUT2D eigenvalue weighted by Crippen LogP contribution is 2.29. The zero-order valence-electron chi connectivity index (χ0n) is 13.4. The van der Waals surface area contributed by atoms with Crippen molar-refractivity contribution in [3.63, 3.8) is 0 Å². The number of rotatable bonds is 2. The topological polar surface area (TPSA) is 58.4 Å². The van der Waals surface area contributed by atoms with E-state index in [1.165, 1.54) is 0 Å². The monoisotopic (exact) mass is 304 g/mol. The number of aromatic nitrogens is 2. The van der Waals surface area contributed by atoms with E-state index < -0.39 is 0 Å². The molecule has 120 valence electrons. The van der Waals surface area contributed by atoms with Gasteiger partial charge in [-0.15, -0.1) is 0 Å². The van der Waals surface area contributed by atoms with Gasteiger partial charge >= 0.3 is 0 Å². The smallest absolute Gasteiger partial charge is 0.244 e. The van der Waals surface area contributed by atoms with E-state index in [9.17, 15) is 9.59 Å². The van der Waals surface area contributed by atoms with Crippen molar-refractivity contribution in [1.29, 1.82) is 0 Å². The Bertz CT molecular complexity index is 568. The van der Waals surface area contributed by atoms with E-state index in [2.05, 4.69) is 5.10 Å². The van der Waals surface area contributed by atoms with Crippen molar-refractivity contribution in [2.75, 3.05) is 13.6 Å². The highest BCUT2D eigenvalue weighted by Gasteiger charge is 2.39. The molecule has 0 radical (unpaired) electrons. The zero-order chi connectivity index (χ0) is 15.7. The third-order valence-electron chi connectivity index (χ3n) is 4.90. The summed E-state index contributed by atoms with van der Waals surface area (Å²) in [5, 5.41) is 4.20. The van der Waals surface area contributed by atoms with Gasteiger partial charge in [-0.3, -0.25) is 14.3 Å². The van der Waals surface area contributed by atoms with Crippen molar-refractivity contribution in [2.24, 2.45) is 0 Å². The first-order valence-electron chi connectivity index (χ1n) is 8.10. The summed E-state index contributed by atoms with van der Waals surface area (Å²) < 4.78 is 1.70. The molecule has 2 atom stereocenters. The van der Waals surface area contributed by atoms with Gasteiger partial charge in [0.05, 0.1) is 18.3 Å². The number of piperidine rings is 1. The lowest BCUT2D eigenvalue weighted by Crippen LogP contribution is -2.56. The first-order valence-corrected chi connectivity index (χ1v) is 8.10. The van der Waals surface area contributed by atoms with Crippen molar-refractivity contribution < 1.29 is 9.59 Å². The Kier molecular flexibility index (Phi) is 4.18. The van der Waals surface area contributed by atoms with Crippen LogP contribution < -0.4 is 0 Å². The van der Waals surface area contributed by atoms with Crippen LogP contribution in [-0.2, 0) is 16.1 Å². The molecule has 2 saturated heterocycles. The maximum absolute atomic E-state index is 12.7. The Balaban J connectivity index is 1.74. The number of likely N-dealkylation sites (tertiary alicyclic amines) is 2. The average Bonchev–Trinajstić information content (AvgIpc) is 2.84. The molecule has 1 aromatic heterocycles. The van der Waals surface area contributed by atoms with E-state index in [4.69, 9.17) is 0 Å². The third kappa shape index (κ3) is 2.87. The lowest BCUT2D eigenvalue weighted by molar-refractivity contribution is -0.141. The van der Waals surface area contributed by atoms with Crippen molar-refractivity contribution >= 4 is 11.8 Å². The molecule has 3 heterocycles. The second-order valence-electron chi connectivity index (χ2n) is 6.48. The normalized spacial score (nSPS) is 25.8. The van der Waals surface area contributed by atoms with Gasteiger partial charge in [0.25, 0.3) is 0 Å². The number of likely N-dealkylation sites (N-methyl/N-ethyl adjacent to an activating group) is 1. The summed E-state index contributed by atoms with van der Waals surface area (Å²) >= 11 is 0. The van der Waals surface area contributed by atoms with Gasteiger partial charge in [0, 0.05) is 26.2 Å². The van der Waals surface area contributed by atoms with Crippen LogP contribution in [0.4, 0.5) is 0 Å². The van der Waals surface area contributed by atoms with E-state index in [0.29, 0.717) is 6.42 Å². The standard InChI is InChI=1S/C16H24N4O2/c1-12-9-17-19(10-12)11-16(22)20-8-4-6-13-14(20)5-3-7-15(21)18(13)2/h9-10,13-14H,3-8,11H2,1-2H3/t13-,14-/m1/s1. The van der Waals surface area contributed by atoms with Crippen LogP contribution in [0, 0.1) is 6.92 Å². The molecule has 0 spiro atoms. The Morgan fingerprint density at radius 3 is 2.82 bits per heavy atom. The van der Waals surface area contributed by atoms with Gasteiger partial charge in [-0.1, -0.05) is 0 Å². The molecular formula is C16H24N4O2. The molecule has 0 saturated carbocycles. The zero-order valence-corrected chi connectivity index (χ0v) is 13.4. The average molecular weight is 304 g/mol. The molecule has 2 aliphatic heterocycles. The number of carbonyl (C=O) groups excluding carboxylic acids is 2. The summed E-state index contributed by atoms with van der Waals surface area (Å²) in [4.78, 5) is 28.6. The summed E-state index contributed by atoms with van der Waals surface area (Å²) in [5.74, 6) is 0.324. The SMILES string of the molecule is Cc1cnn(CC(=O)N2CCC[C@@H]3[C@H]2CCCC(=O)N3C)c1. The molecule has 2 aliphatic rings. The predicted octanol–water partition coefficient (Wildman–Crippen LogP) is 1.19. The Morgan fingerprint density at radius 1 is 1.32 bits per heavy atom. The van der Waals surface area contributed by atoms with Gasteiger partial charge in [-0.05, 0) is 38.2 Å². The summed E-state index contributed by atoms with van der Waals surface area (Å²) in [6.07, 6.45) is 8.01. The first kappa shape index (κ1) is 15.1. The van der Waals surface area contributed by atoms with Crippen molar-refractivity contribution in [2.45, 2.75) is 57.7 Å². The Labute approximate surface area is 131 Å². The molecule has 22 heavy (non-hydrogen) atoms. The summed E-state index contributed by atoms with van der Waals surface area (Å²) in [6, 6.07) is 0.335. The molecular weight excluding hydrogens is 280 g/mol. The number of hydrogen-bond donors (Lipinski definition) is 0. The van der Waals surface area contributed by atoms with E-state index in [1.54, 1.807) is 10.9 Å². The van der Waals surface area contributed by atoms with Crippen molar-refractivity contribution in [3.05, 3.63) is 18.0 Å². The molecule has 0 unspecified atom stereocenters. The molecule has 0 N–H and O–H groups in total. The molecule has 6 nitrogen and oxygen atoms in total. The summed E-state index contributed by atoms with van der Waals surface area (Å²) in [5.41, 5.74) is 1.06. The molecule has 6 heteroatoms. The van der Waals surface area contributed by atoms with Gasteiger partial charge in [-0.25, -0.2) is 0 Å². The van der Waals surface area contributed by atoms with Gasteiger partial charge < -0.3 is 9.80 Å². The van der Waals surface area contributed by atoms with Crippen LogP contribution in [0.25, 0.3) is 0 Å². The van der Waals surface area contributed by atoms with E-state index in [0.717, 1.165) is 37.8 Å². The number of fused-ring (bicyclic) bond motifs is 1. The highest BCUT2D eigenvalue weighted by molar-refractivity contribution is 5.78. The van der Waals surface area contributed by atoms with E-state index in [-0.39, 0.29) is 30.4 Å². The van der Waals surface area contributed by atoms with Crippen LogP contribution in [0.15, 0.2) is 12.4 Å². The molecule has 2 amide bonds. The molecule has 0 aromatic carbocycles. The molecule has 1 aromatic rings. The van der Waals surface area contributed by atoms with Crippen LogP contribution in [0.5, 0.6) is 0 Å². The van der Waals surface area contributed by atoms with Gasteiger partial charge in [0.15, 0.2) is 0 Å². The number of nitrogens with zero attached hydrogens (tertiary/aromatic N) is 4. The number of aryl methyl sites for hydroxylation is 1. The van der Waals surface area contributed by atoms with Crippen molar-refractivity contribution in [3.8, 4) is 0 Å². The van der Waals surface area contributed by atoms with Crippen LogP contribution in [0.1, 0.15) is 37.7 Å². The molecule has 3 rings (SSSR count). The summed E-state index contributed by atoms with van der Waals surface area (Å²) in [7, 11) is 1.89. The number of carbonyl (C=O) groups is 2. The lowest BCUT2D eigenvalue weighted by atomic mass is 9.92. The second kappa shape index (κ2) is 6.10. The quantitative estimate of drug-likeness (QED) is 0.825. The van der Waals surface area contributed by atoms with Gasteiger partial charge in [0.1, 0.15) is 6.54 Å². The maximum Gasteiger partial charge on any atom is 0.244 e. The molecule has 0 aliphatic carbocycles. The number of hydrogen-bond acceptors (Lipinski definition) is 3. The lowest BCUT2D eigenvalue weighted by Gasteiger charge is -2.43. The maximum atomic E-state index is 12.7. The second-order valence-corrected chi connectivity index (χ2v) is 6.48. The minimum absolute atomic E-state index is 0.112. The molecule has 0 bridgehead atoms. The van der Waals surface area contributed by atoms with Crippen LogP contribution in [0.2, 0.25) is 0 Å². The fraction of sp³-hybridized carbons (Fsp3) is 0.688. The fourth-order valence-corrected chi connectivity index (χ4v) is 3.75. The van der Waals surface area contributed by atoms with E-state index >= 15 is 0 Å². The van der Waals surface area contributed by atoms with Gasteiger partial charge in [0.2, 0.25) is 11.8 Å². The predicted molar refractivity (Wildman–Crippen MR) is 82.1 cm³/mol. The fourth-order valence-electron chi connectivity index (χ4n) is 3.75. The van der Waals surface area contributed by atoms with Crippen LogP contribution in [0.3, 0.4) is 0 Å². The third-order valence-corrected chi connectivity index (χ3v) is 4.90. The van der Waals surface area contributed by atoms with E-state index in [1.807, 2.05) is 30.0 Å².